The number of nitrogens with zero attached hydrogens (tertiary/aromatic N) is 1. The average molecular weight is 292 g/mol. The molecule has 20 heavy (non-hydrogen) atoms. The van der Waals surface area contributed by atoms with E-state index < -0.39 is 0 Å². The summed E-state index contributed by atoms with van der Waals surface area (Å²) in [5, 5.41) is 9.95. The lowest BCUT2D eigenvalue weighted by atomic mass is 10.2. The van der Waals surface area contributed by atoms with Crippen LogP contribution in [0.4, 0.5) is 5.69 Å². The number of fused-ring (bicyclic) bond motifs is 1. The highest BCUT2D eigenvalue weighted by Crippen LogP contribution is 2.28. The second-order valence-electron chi connectivity index (χ2n) is 5.08. The average Bonchev–Trinajstić information content (AvgIpc) is 2.81. The largest absolute Gasteiger partial charge is 0.399 e. The lowest BCUT2D eigenvalue weighted by molar-refractivity contribution is 0.0698. The highest BCUT2D eigenvalue weighted by molar-refractivity contribution is 7.20. The number of hydrogen-bond donors (Lipinski definition) is 2. The molecule has 0 saturated heterocycles. The van der Waals surface area contributed by atoms with Crippen LogP contribution in [-0.2, 0) is 0 Å². The monoisotopic (exact) mass is 292 g/mol. The minimum atomic E-state index is 0.0215. The van der Waals surface area contributed by atoms with Crippen LogP contribution in [0.1, 0.15) is 29.9 Å². The second kappa shape index (κ2) is 6.24. The van der Waals surface area contributed by atoms with E-state index in [1.165, 1.54) is 11.3 Å². The molecular formula is C15H20N2O2S. The number of rotatable bonds is 5. The van der Waals surface area contributed by atoms with Gasteiger partial charge in [0.15, 0.2) is 0 Å². The summed E-state index contributed by atoms with van der Waals surface area (Å²) in [7, 11) is 0. The topological polar surface area (TPSA) is 66.6 Å². The number of amides is 1. The van der Waals surface area contributed by atoms with Crippen molar-refractivity contribution in [2.45, 2.75) is 26.3 Å². The number of nitrogen functional groups attached to an aromatic ring is 1. The first-order valence-electron chi connectivity index (χ1n) is 6.74. The maximum atomic E-state index is 12.6. The molecule has 3 N–H and O–H groups in total. The molecule has 2 aromatic rings. The van der Waals surface area contributed by atoms with E-state index in [0.29, 0.717) is 18.7 Å². The molecule has 0 bridgehead atoms. The predicted molar refractivity (Wildman–Crippen MR) is 84.1 cm³/mol. The molecule has 4 nitrogen and oxygen atoms in total. The van der Waals surface area contributed by atoms with Gasteiger partial charge in [-0.3, -0.25) is 4.79 Å². The summed E-state index contributed by atoms with van der Waals surface area (Å²) in [6.45, 7) is 4.64. The molecule has 0 unspecified atom stereocenters. The highest BCUT2D eigenvalue weighted by Gasteiger charge is 2.20. The summed E-state index contributed by atoms with van der Waals surface area (Å²) < 4.78 is 1.06. The Bertz CT molecular complexity index is 607. The molecule has 1 aromatic heterocycles. The quantitative estimate of drug-likeness (QED) is 0.833. The Balaban J connectivity index is 2.28. The van der Waals surface area contributed by atoms with Crippen molar-refractivity contribution in [1.82, 2.24) is 4.90 Å². The first-order valence-corrected chi connectivity index (χ1v) is 7.55. The third-order valence-corrected chi connectivity index (χ3v) is 4.30. The van der Waals surface area contributed by atoms with Crippen LogP contribution in [0.2, 0.25) is 0 Å². The van der Waals surface area contributed by atoms with E-state index in [0.717, 1.165) is 15.0 Å². The van der Waals surface area contributed by atoms with Gasteiger partial charge in [-0.25, -0.2) is 0 Å². The van der Waals surface area contributed by atoms with Gasteiger partial charge in [-0.15, -0.1) is 11.3 Å². The van der Waals surface area contributed by atoms with Crippen LogP contribution in [-0.4, -0.2) is 35.1 Å². The van der Waals surface area contributed by atoms with Gasteiger partial charge in [0, 0.05) is 29.6 Å². The summed E-state index contributed by atoms with van der Waals surface area (Å²) in [6, 6.07) is 7.69. The second-order valence-corrected chi connectivity index (χ2v) is 6.16. The van der Waals surface area contributed by atoms with E-state index in [1.54, 1.807) is 4.90 Å². The summed E-state index contributed by atoms with van der Waals surface area (Å²) in [5.41, 5.74) is 6.47. The lowest BCUT2D eigenvalue weighted by Gasteiger charge is -2.25. The fourth-order valence-electron chi connectivity index (χ4n) is 2.14. The molecule has 0 saturated carbocycles. The van der Waals surface area contributed by atoms with Gasteiger partial charge in [0.05, 0.1) is 4.88 Å². The third kappa shape index (κ3) is 3.11. The summed E-state index contributed by atoms with van der Waals surface area (Å²) >= 11 is 1.48. The maximum absolute atomic E-state index is 12.6. The summed E-state index contributed by atoms with van der Waals surface area (Å²) in [6.07, 6.45) is 0.599. The number of aliphatic hydroxyl groups is 1. The molecule has 0 aliphatic carbocycles. The highest BCUT2D eigenvalue weighted by atomic mass is 32.1. The van der Waals surface area contributed by atoms with Crippen molar-refractivity contribution in [3.05, 3.63) is 29.1 Å². The normalized spacial score (nSPS) is 11.2. The Kier molecular flexibility index (Phi) is 4.62. The summed E-state index contributed by atoms with van der Waals surface area (Å²) in [5.74, 6) is 0.0215. The molecule has 0 atom stereocenters. The van der Waals surface area contributed by atoms with Gasteiger partial charge < -0.3 is 15.7 Å². The zero-order chi connectivity index (χ0) is 14.7. The van der Waals surface area contributed by atoms with Crippen molar-refractivity contribution >= 4 is 33.0 Å². The third-order valence-electron chi connectivity index (χ3n) is 3.19. The van der Waals surface area contributed by atoms with E-state index in [9.17, 15) is 4.79 Å². The molecular weight excluding hydrogens is 272 g/mol. The lowest BCUT2D eigenvalue weighted by Crippen LogP contribution is -2.37. The fraction of sp³-hybridized carbons (Fsp3) is 0.400. The van der Waals surface area contributed by atoms with Gasteiger partial charge in [0.25, 0.3) is 5.91 Å². The molecule has 0 spiro atoms. The van der Waals surface area contributed by atoms with E-state index >= 15 is 0 Å². The number of nitrogens with two attached hydrogens (primary N) is 1. The molecule has 1 amide bonds. The van der Waals surface area contributed by atoms with Crippen molar-refractivity contribution in [2.24, 2.45) is 0 Å². The number of thiophene rings is 1. The standard InChI is InChI=1S/C15H20N2O2S/c1-10(2)17(6-3-7-18)15(19)14-9-11-8-12(16)4-5-13(11)20-14/h4-5,8-10,18H,3,6-7,16H2,1-2H3. The first kappa shape index (κ1) is 14.8. The molecule has 5 heteroatoms. The van der Waals surface area contributed by atoms with Crippen LogP contribution in [0.15, 0.2) is 24.3 Å². The van der Waals surface area contributed by atoms with Crippen molar-refractivity contribution in [1.29, 1.82) is 0 Å². The molecule has 108 valence electrons. The van der Waals surface area contributed by atoms with Gasteiger partial charge in [0.1, 0.15) is 0 Å². The molecule has 1 aromatic carbocycles. The van der Waals surface area contributed by atoms with E-state index in [1.807, 2.05) is 38.1 Å². The minimum absolute atomic E-state index is 0.0215. The Morgan fingerprint density at radius 3 is 2.80 bits per heavy atom. The van der Waals surface area contributed by atoms with Gasteiger partial charge in [0.2, 0.25) is 0 Å². The number of carbonyl (C=O) groups excluding carboxylic acids is 1. The fourth-order valence-corrected chi connectivity index (χ4v) is 3.14. The SMILES string of the molecule is CC(C)N(CCCO)C(=O)c1cc2cc(N)ccc2s1. The minimum Gasteiger partial charge on any atom is -0.399 e. The van der Waals surface area contributed by atoms with Crippen molar-refractivity contribution in [2.75, 3.05) is 18.9 Å². The van der Waals surface area contributed by atoms with Crippen molar-refractivity contribution < 1.29 is 9.90 Å². The molecule has 0 aliphatic heterocycles. The van der Waals surface area contributed by atoms with Crippen LogP contribution in [0.25, 0.3) is 10.1 Å². The van der Waals surface area contributed by atoms with Crippen LogP contribution >= 0.6 is 11.3 Å². The molecule has 0 radical (unpaired) electrons. The van der Waals surface area contributed by atoms with Crippen LogP contribution in [0, 0.1) is 0 Å². The van der Waals surface area contributed by atoms with E-state index in [2.05, 4.69) is 0 Å². The number of carbonyl (C=O) groups is 1. The van der Waals surface area contributed by atoms with Gasteiger partial charge in [-0.1, -0.05) is 0 Å². The van der Waals surface area contributed by atoms with Crippen LogP contribution in [0.5, 0.6) is 0 Å². The van der Waals surface area contributed by atoms with Crippen LogP contribution in [0.3, 0.4) is 0 Å². The van der Waals surface area contributed by atoms with Crippen molar-refractivity contribution in [3.63, 3.8) is 0 Å². The Morgan fingerprint density at radius 1 is 1.40 bits per heavy atom. The Morgan fingerprint density at radius 2 is 2.15 bits per heavy atom. The molecule has 0 aliphatic rings. The van der Waals surface area contributed by atoms with E-state index in [-0.39, 0.29) is 18.6 Å². The Labute approximate surface area is 122 Å². The first-order chi connectivity index (χ1) is 9.52. The van der Waals surface area contributed by atoms with E-state index in [4.69, 9.17) is 10.8 Å². The van der Waals surface area contributed by atoms with Gasteiger partial charge in [-0.05, 0) is 49.9 Å². The molecule has 1 heterocycles. The van der Waals surface area contributed by atoms with Crippen molar-refractivity contribution in [3.8, 4) is 0 Å². The number of hydrogen-bond acceptors (Lipinski definition) is 4. The number of anilines is 1. The zero-order valence-electron chi connectivity index (χ0n) is 11.8. The molecule has 2 rings (SSSR count). The number of benzene rings is 1. The van der Waals surface area contributed by atoms with Crippen LogP contribution < -0.4 is 5.73 Å². The molecule has 0 fully saturated rings. The van der Waals surface area contributed by atoms with Gasteiger partial charge in [-0.2, -0.15) is 0 Å². The predicted octanol–water partition coefficient (Wildman–Crippen LogP) is 2.72. The summed E-state index contributed by atoms with van der Waals surface area (Å²) in [4.78, 5) is 15.1. The maximum Gasteiger partial charge on any atom is 0.264 e. The zero-order valence-corrected chi connectivity index (χ0v) is 12.6. The number of aliphatic hydroxyl groups excluding tert-OH is 1. The van der Waals surface area contributed by atoms with Gasteiger partial charge >= 0.3 is 0 Å². The smallest absolute Gasteiger partial charge is 0.264 e. The Hall–Kier alpha value is -1.59.